The number of hydrogen-bond acceptors (Lipinski definition) is 4. The van der Waals surface area contributed by atoms with E-state index in [1.54, 1.807) is 13.2 Å². The van der Waals surface area contributed by atoms with Crippen molar-refractivity contribution in [1.82, 2.24) is 0 Å². The number of halogens is 1. The SMILES string of the molecule is COc1cc(Br)cc(CN=C=O)c1OC1CCC1. The standard InChI is InChI=1S/C13H14BrNO3/c1-17-12-6-10(14)5-9(7-15-8-16)13(12)18-11-3-2-4-11/h5-6,11H,2-4,7H2,1H3. The van der Waals surface area contributed by atoms with E-state index in [-0.39, 0.29) is 12.6 Å². The highest BCUT2D eigenvalue weighted by atomic mass is 79.9. The van der Waals surface area contributed by atoms with E-state index < -0.39 is 0 Å². The molecule has 0 amide bonds. The molecule has 4 nitrogen and oxygen atoms in total. The summed E-state index contributed by atoms with van der Waals surface area (Å²) in [5.41, 5.74) is 0.830. The van der Waals surface area contributed by atoms with Gasteiger partial charge in [-0.25, -0.2) is 9.79 Å². The maximum Gasteiger partial charge on any atom is 0.235 e. The average Bonchev–Trinajstić information content (AvgIpc) is 2.31. The van der Waals surface area contributed by atoms with Gasteiger partial charge in [-0.1, -0.05) is 15.9 Å². The van der Waals surface area contributed by atoms with Gasteiger partial charge < -0.3 is 9.47 Å². The lowest BCUT2D eigenvalue weighted by Gasteiger charge is -2.28. The Morgan fingerprint density at radius 1 is 1.50 bits per heavy atom. The second-order valence-electron chi connectivity index (χ2n) is 4.17. The fourth-order valence-electron chi connectivity index (χ4n) is 1.80. The molecule has 1 saturated carbocycles. The maximum atomic E-state index is 10.2. The molecule has 1 aliphatic carbocycles. The minimum absolute atomic E-state index is 0.249. The molecule has 5 heteroatoms. The van der Waals surface area contributed by atoms with Gasteiger partial charge in [0.05, 0.1) is 19.8 Å². The van der Waals surface area contributed by atoms with Gasteiger partial charge >= 0.3 is 0 Å². The fourth-order valence-corrected chi connectivity index (χ4v) is 2.28. The highest BCUT2D eigenvalue weighted by Crippen LogP contribution is 2.38. The van der Waals surface area contributed by atoms with Gasteiger partial charge in [0.15, 0.2) is 11.5 Å². The third-order valence-electron chi connectivity index (χ3n) is 2.97. The molecule has 0 N–H and O–H groups in total. The van der Waals surface area contributed by atoms with E-state index in [1.165, 1.54) is 6.42 Å². The van der Waals surface area contributed by atoms with Crippen molar-refractivity contribution in [2.24, 2.45) is 4.99 Å². The lowest BCUT2D eigenvalue weighted by molar-refractivity contribution is 0.115. The van der Waals surface area contributed by atoms with Gasteiger partial charge in [-0.2, -0.15) is 0 Å². The van der Waals surface area contributed by atoms with Gasteiger partial charge in [0.2, 0.25) is 6.08 Å². The molecule has 0 bridgehead atoms. The minimum Gasteiger partial charge on any atom is -0.493 e. The van der Waals surface area contributed by atoms with E-state index in [9.17, 15) is 4.79 Å². The summed E-state index contributed by atoms with van der Waals surface area (Å²) in [6.07, 6.45) is 5.12. The van der Waals surface area contributed by atoms with E-state index in [1.807, 2.05) is 12.1 Å². The first-order chi connectivity index (χ1) is 8.74. The van der Waals surface area contributed by atoms with E-state index >= 15 is 0 Å². The number of methoxy groups -OCH3 is 1. The summed E-state index contributed by atoms with van der Waals surface area (Å²) in [6.45, 7) is 0.251. The maximum absolute atomic E-state index is 10.2. The third-order valence-corrected chi connectivity index (χ3v) is 3.42. The number of benzene rings is 1. The van der Waals surface area contributed by atoms with Gasteiger partial charge in [-0.15, -0.1) is 0 Å². The quantitative estimate of drug-likeness (QED) is 0.619. The van der Waals surface area contributed by atoms with Crippen LogP contribution in [0.25, 0.3) is 0 Å². The number of ether oxygens (including phenoxy) is 2. The first-order valence-corrected chi connectivity index (χ1v) is 6.60. The zero-order valence-electron chi connectivity index (χ0n) is 10.1. The number of nitrogens with zero attached hydrogens (tertiary/aromatic N) is 1. The predicted molar refractivity (Wildman–Crippen MR) is 70.8 cm³/mol. The number of isocyanates is 1. The summed E-state index contributed by atoms with van der Waals surface area (Å²) in [5, 5.41) is 0. The molecule has 0 aromatic heterocycles. The Morgan fingerprint density at radius 3 is 2.83 bits per heavy atom. The van der Waals surface area contributed by atoms with Crippen LogP contribution in [0.15, 0.2) is 21.6 Å². The second-order valence-corrected chi connectivity index (χ2v) is 5.09. The van der Waals surface area contributed by atoms with E-state index in [0.29, 0.717) is 11.5 Å². The molecule has 1 fully saturated rings. The minimum atomic E-state index is 0.249. The van der Waals surface area contributed by atoms with Crippen LogP contribution in [0.2, 0.25) is 0 Å². The van der Waals surface area contributed by atoms with Gasteiger partial charge in [0.25, 0.3) is 0 Å². The normalized spacial score (nSPS) is 14.6. The van der Waals surface area contributed by atoms with Crippen molar-refractivity contribution in [3.63, 3.8) is 0 Å². The summed E-state index contributed by atoms with van der Waals surface area (Å²) in [6, 6.07) is 3.74. The fraction of sp³-hybridized carbons (Fsp3) is 0.462. The molecule has 0 radical (unpaired) electrons. The van der Waals surface area contributed by atoms with Crippen molar-refractivity contribution in [1.29, 1.82) is 0 Å². The predicted octanol–water partition coefficient (Wildman–Crippen LogP) is 3.22. The van der Waals surface area contributed by atoms with Crippen molar-refractivity contribution in [2.75, 3.05) is 7.11 Å². The van der Waals surface area contributed by atoms with Crippen LogP contribution in [0.3, 0.4) is 0 Å². The van der Waals surface area contributed by atoms with E-state index in [4.69, 9.17) is 9.47 Å². The summed E-state index contributed by atoms with van der Waals surface area (Å²) in [5.74, 6) is 1.34. The Kier molecular flexibility index (Phi) is 4.39. The van der Waals surface area contributed by atoms with Crippen LogP contribution in [0.5, 0.6) is 11.5 Å². The van der Waals surface area contributed by atoms with E-state index in [2.05, 4.69) is 20.9 Å². The molecule has 2 rings (SSSR count). The molecule has 0 aliphatic heterocycles. The van der Waals surface area contributed by atoms with Crippen LogP contribution in [0, 0.1) is 0 Å². The molecule has 0 saturated heterocycles. The summed E-state index contributed by atoms with van der Waals surface area (Å²) >= 11 is 3.40. The summed E-state index contributed by atoms with van der Waals surface area (Å²) in [7, 11) is 1.60. The summed E-state index contributed by atoms with van der Waals surface area (Å²) < 4.78 is 12.1. The van der Waals surface area contributed by atoms with Gasteiger partial charge in [-0.3, -0.25) is 0 Å². The van der Waals surface area contributed by atoms with Crippen LogP contribution in [-0.4, -0.2) is 19.3 Å². The number of carbonyl (C=O) groups excluding carboxylic acids is 1. The van der Waals surface area contributed by atoms with E-state index in [0.717, 1.165) is 22.9 Å². The number of aliphatic imine (C=N–C) groups is 1. The number of rotatable bonds is 5. The largest absolute Gasteiger partial charge is 0.493 e. The van der Waals surface area contributed by atoms with Crippen molar-refractivity contribution in [2.45, 2.75) is 31.9 Å². The first-order valence-electron chi connectivity index (χ1n) is 5.81. The first kappa shape index (κ1) is 13.1. The second kappa shape index (κ2) is 6.03. The average molecular weight is 312 g/mol. The molecule has 0 unspecified atom stereocenters. The van der Waals surface area contributed by atoms with Crippen molar-refractivity contribution >= 4 is 22.0 Å². The smallest absolute Gasteiger partial charge is 0.235 e. The molecule has 0 atom stereocenters. The van der Waals surface area contributed by atoms with Gasteiger partial charge in [0.1, 0.15) is 0 Å². The summed E-state index contributed by atoms with van der Waals surface area (Å²) in [4.78, 5) is 13.9. The van der Waals surface area contributed by atoms with Crippen molar-refractivity contribution < 1.29 is 14.3 Å². The topological polar surface area (TPSA) is 47.9 Å². The highest BCUT2D eigenvalue weighted by molar-refractivity contribution is 9.10. The van der Waals surface area contributed by atoms with Gasteiger partial charge in [-0.05, 0) is 31.4 Å². The van der Waals surface area contributed by atoms with Crippen LogP contribution in [-0.2, 0) is 11.3 Å². The van der Waals surface area contributed by atoms with Crippen LogP contribution in [0.4, 0.5) is 0 Å². The Labute approximate surface area is 114 Å². The molecule has 0 heterocycles. The zero-order chi connectivity index (χ0) is 13.0. The molecule has 96 valence electrons. The molecule has 1 aliphatic rings. The zero-order valence-corrected chi connectivity index (χ0v) is 11.7. The molecule has 1 aromatic carbocycles. The Balaban J connectivity index is 2.32. The number of hydrogen-bond donors (Lipinski definition) is 0. The molecular formula is C13H14BrNO3. The monoisotopic (exact) mass is 311 g/mol. The van der Waals surface area contributed by atoms with Gasteiger partial charge in [0, 0.05) is 10.0 Å². The van der Waals surface area contributed by atoms with Crippen LogP contribution in [0.1, 0.15) is 24.8 Å². The Bertz CT molecular complexity index is 479. The van der Waals surface area contributed by atoms with Crippen molar-refractivity contribution in [3.8, 4) is 11.5 Å². The van der Waals surface area contributed by atoms with Crippen molar-refractivity contribution in [3.05, 3.63) is 22.2 Å². The van der Waals surface area contributed by atoms with Crippen LogP contribution < -0.4 is 9.47 Å². The highest BCUT2D eigenvalue weighted by Gasteiger charge is 2.23. The molecule has 0 spiro atoms. The van der Waals surface area contributed by atoms with Crippen LogP contribution >= 0.6 is 15.9 Å². The lowest BCUT2D eigenvalue weighted by atomic mass is 9.96. The Hall–Kier alpha value is -1.32. The molecule has 18 heavy (non-hydrogen) atoms. The Morgan fingerprint density at radius 2 is 2.28 bits per heavy atom. The molecular weight excluding hydrogens is 298 g/mol. The lowest BCUT2D eigenvalue weighted by Crippen LogP contribution is -2.25. The molecule has 1 aromatic rings. The third kappa shape index (κ3) is 2.92.